The molecule has 0 saturated carbocycles. The van der Waals surface area contributed by atoms with Crippen LogP contribution >= 0.6 is 15.9 Å². The summed E-state index contributed by atoms with van der Waals surface area (Å²) in [7, 11) is 0. The molecule has 21 heavy (non-hydrogen) atoms. The van der Waals surface area contributed by atoms with Gasteiger partial charge in [-0.1, -0.05) is 40.2 Å². The Hall–Kier alpha value is -2.21. The third-order valence-electron chi connectivity index (χ3n) is 3.31. The van der Waals surface area contributed by atoms with Crippen LogP contribution in [0, 0.1) is 6.92 Å². The summed E-state index contributed by atoms with van der Waals surface area (Å²) in [5.41, 5.74) is 9.83. The second kappa shape index (κ2) is 5.65. The Morgan fingerprint density at radius 2 is 1.90 bits per heavy atom. The van der Waals surface area contributed by atoms with Gasteiger partial charge in [0.1, 0.15) is 0 Å². The van der Waals surface area contributed by atoms with Gasteiger partial charge in [0, 0.05) is 15.7 Å². The van der Waals surface area contributed by atoms with E-state index < -0.39 is 0 Å². The first-order valence-electron chi connectivity index (χ1n) is 6.51. The molecule has 106 valence electrons. The number of tetrazole rings is 1. The van der Waals surface area contributed by atoms with Crippen molar-refractivity contribution in [3.8, 4) is 11.4 Å². The summed E-state index contributed by atoms with van der Waals surface area (Å²) in [5.74, 6) is 0.688. The average Bonchev–Trinajstić information content (AvgIpc) is 2.89. The number of anilines is 1. The summed E-state index contributed by atoms with van der Waals surface area (Å²) >= 11 is 3.43. The van der Waals surface area contributed by atoms with E-state index >= 15 is 0 Å². The van der Waals surface area contributed by atoms with E-state index in [1.54, 1.807) is 4.68 Å². The van der Waals surface area contributed by atoms with Crippen molar-refractivity contribution >= 4 is 21.6 Å². The second-order valence-corrected chi connectivity index (χ2v) is 5.74. The Morgan fingerprint density at radius 1 is 1.14 bits per heavy atom. The van der Waals surface area contributed by atoms with Crippen LogP contribution in [0.15, 0.2) is 46.9 Å². The molecular weight excluding hydrogens is 330 g/mol. The lowest BCUT2D eigenvalue weighted by Crippen LogP contribution is -2.06. The van der Waals surface area contributed by atoms with Gasteiger partial charge in [0.2, 0.25) is 0 Å². The van der Waals surface area contributed by atoms with E-state index in [1.165, 1.54) is 0 Å². The number of nitrogen functional groups attached to an aromatic ring is 1. The first-order valence-corrected chi connectivity index (χ1v) is 7.30. The molecule has 0 radical (unpaired) electrons. The maximum absolute atomic E-state index is 6.08. The van der Waals surface area contributed by atoms with Crippen LogP contribution in [-0.4, -0.2) is 20.2 Å². The lowest BCUT2D eigenvalue weighted by molar-refractivity contribution is 0.653. The molecule has 0 fully saturated rings. The number of benzene rings is 2. The van der Waals surface area contributed by atoms with Crippen molar-refractivity contribution in [2.24, 2.45) is 0 Å². The van der Waals surface area contributed by atoms with E-state index in [2.05, 4.69) is 31.5 Å². The molecule has 0 amide bonds. The molecule has 0 bridgehead atoms. The van der Waals surface area contributed by atoms with Crippen molar-refractivity contribution in [1.29, 1.82) is 0 Å². The molecule has 0 aliphatic heterocycles. The van der Waals surface area contributed by atoms with E-state index in [1.807, 2.05) is 49.4 Å². The van der Waals surface area contributed by atoms with Crippen molar-refractivity contribution in [2.75, 3.05) is 5.73 Å². The minimum absolute atomic E-state index is 0.601. The van der Waals surface area contributed by atoms with Gasteiger partial charge in [-0.25, -0.2) is 4.68 Å². The van der Waals surface area contributed by atoms with Gasteiger partial charge < -0.3 is 5.73 Å². The average molecular weight is 344 g/mol. The number of nitrogens with two attached hydrogens (primary N) is 1. The molecule has 0 aliphatic rings. The van der Waals surface area contributed by atoms with Crippen LogP contribution in [0.25, 0.3) is 11.4 Å². The Balaban J connectivity index is 2.00. The van der Waals surface area contributed by atoms with E-state index in [-0.39, 0.29) is 0 Å². The van der Waals surface area contributed by atoms with Crippen molar-refractivity contribution in [3.63, 3.8) is 0 Å². The van der Waals surface area contributed by atoms with E-state index in [9.17, 15) is 0 Å². The monoisotopic (exact) mass is 343 g/mol. The lowest BCUT2D eigenvalue weighted by Gasteiger charge is -2.09. The largest absolute Gasteiger partial charge is 0.398 e. The molecule has 0 saturated heterocycles. The number of hydrogen-bond donors (Lipinski definition) is 1. The molecule has 0 unspecified atom stereocenters. The highest BCUT2D eigenvalue weighted by molar-refractivity contribution is 9.10. The molecule has 2 N–H and O–H groups in total. The zero-order valence-electron chi connectivity index (χ0n) is 11.5. The maximum Gasteiger partial charge on any atom is 0.184 e. The number of aryl methyl sites for hydroxylation is 1. The van der Waals surface area contributed by atoms with Crippen LogP contribution in [0.1, 0.15) is 11.1 Å². The van der Waals surface area contributed by atoms with Gasteiger partial charge in [-0.15, -0.1) is 5.10 Å². The van der Waals surface area contributed by atoms with Crippen molar-refractivity contribution in [3.05, 3.63) is 58.1 Å². The van der Waals surface area contributed by atoms with Gasteiger partial charge in [-0.05, 0) is 46.7 Å². The number of halogens is 1. The number of nitrogens with zero attached hydrogens (tertiary/aromatic N) is 4. The van der Waals surface area contributed by atoms with Gasteiger partial charge >= 0.3 is 0 Å². The highest BCUT2D eigenvalue weighted by Gasteiger charge is 2.14. The highest BCUT2D eigenvalue weighted by atomic mass is 79.9. The number of hydrogen-bond acceptors (Lipinski definition) is 4. The Labute approximate surface area is 130 Å². The maximum atomic E-state index is 6.08. The predicted octanol–water partition coefficient (Wildman–Crippen LogP) is 3.04. The molecule has 1 heterocycles. The quantitative estimate of drug-likeness (QED) is 0.742. The van der Waals surface area contributed by atoms with Crippen LogP contribution in [0.2, 0.25) is 0 Å². The van der Waals surface area contributed by atoms with Gasteiger partial charge in [0.15, 0.2) is 5.82 Å². The lowest BCUT2D eigenvalue weighted by atomic mass is 10.1. The SMILES string of the molecule is Cc1cccc(N)c1-c1nnnn1Cc1ccc(Br)cc1. The normalized spacial score (nSPS) is 10.8. The van der Waals surface area contributed by atoms with Crippen molar-refractivity contribution in [2.45, 2.75) is 13.5 Å². The van der Waals surface area contributed by atoms with Crippen LogP contribution in [0.4, 0.5) is 5.69 Å². The molecular formula is C15H14BrN5. The first kappa shape index (κ1) is 13.8. The summed E-state index contributed by atoms with van der Waals surface area (Å²) in [4.78, 5) is 0. The Bertz CT molecular complexity index is 744. The van der Waals surface area contributed by atoms with E-state index in [4.69, 9.17) is 5.73 Å². The Morgan fingerprint density at radius 3 is 2.62 bits per heavy atom. The number of rotatable bonds is 3. The van der Waals surface area contributed by atoms with Gasteiger partial charge in [-0.2, -0.15) is 0 Å². The summed E-state index contributed by atoms with van der Waals surface area (Å²) in [5, 5.41) is 12.0. The summed E-state index contributed by atoms with van der Waals surface area (Å²) in [6.45, 7) is 2.60. The predicted molar refractivity (Wildman–Crippen MR) is 85.6 cm³/mol. The van der Waals surface area contributed by atoms with Crippen LogP contribution in [0.3, 0.4) is 0 Å². The van der Waals surface area contributed by atoms with Gasteiger partial charge in [0.25, 0.3) is 0 Å². The van der Waals surface area contributed by atoms with Crippen LogP contribution in [0.5, 0.6) is 0 Å². The smallest absolute Gasteiger partial charge is 0.184 e. The summed E-state index contributed by atoms with van der Waals surface area (Å²) in [6.07, 6.45) is 0. The molecule has 2 aromatic carbocycles. The standard InChI is InChI=1S/C15H14BrN5/c1-10-3-2-4-13(17)14(10)15-18-19-20-21(15)9-11-5-7-12(16)8-6-11/h2-8H,9,17H2,1H3. The summed E-state index contributed by atoms with van der Waals surface area (Å²) < 4.78 is 2.81. The molecule has 1 aromatic heterocycles. The zero-order valence-corrected chi connectivity index (χ0v) is 13.1. The molecule has 0 aliphatic carbocycles. The molecule has 5 nitrogen and oxygen atoms in total. The molecule has 3 rings (SSSR count). The fraction of sp³-hybridized carbons (Fsp3) is 0.133. The van der Waals surface area contributed by atoms with Crippen molar-refractivity contribution < 1.29 is 0 Å². The minimum atomic E-state index is 0.601. The zero-order chi connectivity index (χ0) is 14.8. The topological polar surface area (TPSA) is 69.6 Å². The third-order valence-corrected chi connectivity index (χ3v) is 3.83. The molecule has 0 spiro atoms. The second-order valence-electron chi connectivity index (χ2n) is 4.83. The van der Waals surface area contributed by atoms with E-state index in [0.717, 1.165) is 21.2 Å². The molecule has 6 heteroatoms. The van der Waals surface area contributed by atoms with Crippen LogP contribution < -0.4 is 5.73 Å². The Kier molecular flexibility index (Phi) is 3.70. The minimum Gasteiger partial charge on any atom is -0.398 e. The number of aromatic nitrogens is 4. The third kappa shape index (κ3) is 2.80. The van der Waals surface area contributed by atoms with Gasteiger partial charge in [0.05, 0.1) is 6.54 Å². The molecule has 3 aromatic rings. The fourth-order valence-corrected chi connectivity index (χ4v) is 2.51. The van der Waals surface area contributed by atoms with Crippen molar-refractivity contribution in [1.82, 2.24) is 20.2 Å². The first-order chi connectivity index (χ1) is 10.1. The fourth-order valence-electron chi connectivity index (χ4n) is 2.25. The van der Waals surface area contributed by atoms with E-state index in [0.29, 0.717) is 18.1 Å². The van der Waals surface area contributed by atoms with Gasteiger partial charge in [-0.3, -0.25) is 0 Å². The van der Waals surface area contributed by atoms with Crippen LogP contribution in [-0.2, 0) is 6.54 Å². The highest BCUT2D eigenvalue weighted by Crippen LogP contribution is 2.27. The summed E-state index contributed by atoms with van der Waals surface area (Å²) in [6, 6.07) is 13.9. The molecule has 0 atom stereocenters.